The van der Waals surface area contributed by atoms with Crippen molar-refractivity contribution in [3.63, 3.8) is 0 Å². The average Bonchev–Trinajstić information content (AvgIpc) is 2.18. The van der Waals surface area contributed by atoms with Crippen molar-refractivity contribution in [1.29, 1.82) is 0 Å². The zero-order valence-electron chi connectivity index (χ0n) is 8.37. The van der Waals surface area contributed by atoms with Crippen LogP contribution in [0.2, 0.25) is 0 Å². The van der Waals surface area contributed by atoms with E-state index in [-0.39, 0.29) is 24.4 Å². The Morgan fingerprint density at radius 3 is 2.47 bits per heavy atom. The highest BCUT2D eigenvalue weighted by molar-refractivity contribution is 14.1. The summed E-state index contributed by atoms with van der Waals surface area (Å²) in [7, 11) is 0. The van der Waals surface area contributed by atoms with Crippen molar-refractivity contribution >= 4 is 40.9 Å². The molecular weight excluding hydrogens is 326 g/mol. The third kappa shape index (κ3) is 4.81. The van der Waals surface area contributed by atoms with E-state index in [2.05, 4.69) is 27.9 Å². The van der Waals surface area contributed by atoms with E-state index in [1.807, 2.05) is 19.1 Å². The first-order valence-electron chi connectivity index (χ1n) is 4.40. The molecule has 1 aromatic rings. The maximum atomic E-state index is 11.6. The number of carbonyl (C=O) groups is 1. The lowest BCUT2D eigenvalue weighted by atomic mass is 10.2. The zero-order chi connectivity index (χ0) is 10.6. The molecule has 1 atom stereocenters. The predicted molar refractivity (Wildman–Crippen MR) is 72.4 cm³/mol. The number of hydrogen-bond acceptors (Lipinski definition) is 2. The van der Waals surface area contributed by atoms with E-state index in [4.69, 9.17) is 5.73 Å². The molecule has 0 unspecified atom stereocenters. The van der Waals surface area contributed by atoms with Gasteiger partial charge in [-0.2, -0.15) is 0 Å². The van der Waals surface area contributed by atoms with Crippen LogP contribution in [-0.4, -0.2) is 18.5 Å². The number of carbonyl (C=O) groups excluding carboxylic acids is 1. The Kier molecular flexibility index (Phi) is 6.87. The van der Waals surface area contributed by atoms with Gasteiger partial charge in [-0.15, -0.1) is 12.4 Å². The molecule has 0 aliphatic carbocycles. The smallest absolute Gasteiger partial charge is 0.251 e. The van der Waals surface area contributed by atoms with Gasteiger partial charge in [-0.1, -0.05) is 0 Å². The standard InChI is InChI=1S/C10H13IN2O.ClH/c1-7(6-12)13-10(14)8-2-4-9(11)5-3-8;/h2-5,7H,6,12H2,1H3,(H,13,14);1H/t7-;/m1./s1. The molecule has 0 bridgehead atoms. The first-order valence-corrected chi connectivity index (χ1v) is 5.48. The fraction of sp³-hybridized carbons (Fsp3) is 0.300. The minimum Gasteiger partial charge on any atom is -0.348 e. The van der Waals surface area contributed by atoms with Gasteiger partial charge in [0.15, 0.2) is 0 Å². The minimum atomic E-state index is -0.0700. The lowest BCUT2D eigenvalue weighted by Crippen LogP contribution is -2.37. The Morgan fingerprint density at radius 1 is 1.47 bits per heavy atom. The van der Waals surface area contributed by atoms with E-state index >= 15 is 0 Å². The molecule has 84 valence electrons. The SMILES string of the molecule is C[C@H](CN)NC(=O)c1ccc(I)cc1.Cl. The fourth-order valence-corrected chi connectivity index (χ4v) is 1.33. The first kappa shape index (κ1) is 14.7. The summed E-state index contributed by atoms with van der Waals surface area (Å²) < 4.78 is 1.12. The van der Waals surface area contributed by atoms with Gasteiger partial charge in [0.2, 0.25) is 0 Å². The van der Waals surface area contributed by atoms with E-state index < -0.39 is 0 Å². The van der Waals surface area contributed by atoms with Crippen LogP contribution in [0.3, 0.4) is 0 Å². The summed E-state index contributed by atoms with van der Waals surface area (Å²) in [6.07, 6.45) is 0. The highest BCUT2D eigenvalue weighted by atomic mass is 127. The quantitative estimate of drug-likeness (QED) is 0.824. The molecule has 0 heterocycles. The molecular formula is C10H14ClIN2O. The molecule has 15 heavy (non-hydrogen) atoms. The molecule has 0 aliphatic heterocycles. The van der Waals surface area contributed by atoms with E-state index in [0.29, 0.717) is 12.1 Å². The monoisotopic (exact) mass is 340 g/mol. The van der Waals surface area contributed by atoms with Crippen LogP contribution < -0.4 is 11.1 Å². The largest absolute Gasteiger partial charge is 0.348 e. The highest BCUT2D eigenvalue weighted by Crippen LogP contribution is 2.06. The van der Waals surface area contributed by atoms with Crippen LogP contribution in [0.25, 0.3) is 0 Å². The fourth-order valence-electron chi connectivity index (χ4n) is 0.967. The third-order valence-electron chi connectivity index (χ3n) is 1.84. The van der Waals surface area contributed by atoms with Crippen LogP contribution in [-0.2, 0) is 0 Å². The molecule has 0 radical (unpaired) electrons. The minimum absolute atomic E-state index is 0. The van der Waals surface area contributed by atoms with Gasteiger partial charge in [0, 0.05) is 21.7 Å². The average molecular weight is 341 g/mol. The van der Waals surface area contributed by atoms with Gasteiger partial charge in [0.05, 0.1) is 0 Å². The van der Waals surface area contributed by atoms with Crippen molar-refractivity contribution < 1.29 is 4.79 Å². The van der Waals surface area contributed by atoms with Gasteiger partial charge in [-0.05, 0) is 53.8 Å². The summed E-state index contributed by atoms with van der Waals surface area (Å²) in [6, 6.07) is 7.44. The van der Waals surface area contributed by atoms with Gasteiger partial charge in [0.1, 0.15) is 0 Å². The maximum Gasteiger partial charge on any atom is 0.251 e. The zero-order valence-corrected chi connectivity index (χ0v) is 11.3. The van der Waals surface area contributed by atoms with Crippen LogP contribution in [0.4, 0.5) is 0 Å². The second-order valence-corrected chi connectivity index (χ2v) is 4.36. The molecule has 0 aromatic heterocycles. The Bertz CT molecular complexity index is 316. The second kappa shape index (κ2) is 7.03. The van der Waals surface area contributed by atoms with Crippen molar-refractivity contribution in [1.82, 2.24) is 5.32 Å². The molecule has 1 rings (SSSR count). The predicted octanol–water partition coefficient (Wildman–Crippen LogP) is 1.79. The van der Waals surface area contributed by atoms with Gasteiger partial charge in [-0.3, -0.25) is 4.79 Å². The van der Waals surface area contributed by atoms with E-state index in [0.717, 1.165) is 3.57 Å². The lowest BCUT2D eigenvalue weighted by Gasteiger charge is -2.10. The van der Waals surface area contributed by atoms with E-state index in [9.17, 15) is 4.79 Å². The van der Waals surface area contributed by atoms with Crippen molar-refractivity contribution in [2.75, 3.05) is 6.54 Å². The Balaban J connectivity index is 0.00000196. The molecule has 3 N–H and O–H groups in total. The van der Waals surface area contributed by atoms with E-state index in [1.54, 1.807) is 12.1 Å². The van der Waals surface area contributed by atoms with Crippen LogP contribution in [0.15, 0.2) is 24.3 Å². The van der Waals surface area contributed by atoms with Crippen LogP contribution in [0.5, 0.6) is 0 Å². The Labute approximate surface area is 109 Å². The lowest BCUT2D eigenvalue weighted by molar-refractivity contribution is 0.0941. The molecule has 3 nitrogen and oxygen atoms in total. The summed E-state index contributed by atoms with van der Waals surface area (Å²) in [5.41, 5.74) is 6.08. The molecule has 0 saturated heterocycles. The van der Waals surface area contributed by atoms with Crippen LogP contribution in [0, 0.1) is 3.57 Å². The number of nitrogens with two attached hydrogens (primary N) is 1. The summed E-state index contributed by atoms with van der Waals surface area (Å²) >= 11 is 2.20. The number of halogens is 2. The number of amides is 1. The summed E-state index contributed by atoms with van der Waals surface area (Å²) in [5, 5.41) is 2.80. The van der Waals surface area contributed by atoms with Crippen molar-refractivity contribution in [2.24, 2.45) is 5.73 Å². The molecule has 5 heteroatoms. The topological polar surface area (TPSA) is 55.1 Å². The summed E-state index contributed by atoms with van der Waals surface area (Å²) in [6.45, 7) is 2.33. The van der Waals surface area contributed by atoms with Gasteiger partial charge >= 0.3 is 0 Å². The maximum absolute atomic E-state index is 11.6. The molecule has 0 spiro atoms. The number of rotatable bonds is 3. The molecule has 0 fully saturated rings. The van der Waals surface area contributed by atoms with Crippen molar-refractivity contribution in [3.05, 3.63) is 33.4 Å². The van der Waals surface area contributed by atoms with Gasteiger partial charge in [0.25, 0.3) is 5.91 Å². The van der Waals surface area contributed by atoms with Gasteiger partial charge in [-0.25, -0.2) is 0 Å². The Morgan fingerprint density at radius 2 is 2.00 bits per heavy atom. The van der Waals surface area contributed by atoms with Crippen LogP contribution >= 0.6 is 35.0 Å². The molecule has 0 aliphatic rings. The van der Waals surface area contributed by atoms with Crippen molar-refractivity contribution in [3.8, 4) is 0 Å². The van der Waals surface area contributed by atoms with Crippen LogP contribution in [0.1, 0.15) is 17.3 Å². The van der Waals surface area contributed by atoms with Crippen molar-refractivity contribution in [2.45, 2.75) is 13.0 Å². The normalized spacial score (nSPS) is 11.4. The number of benzene rings is 1. The third-order valence-corrected chi connectivity index (χ3v) is 2.56. The summed E-state index contributed by atoms with van der Waals surface area (Å²) in [4.78, 5) is 11.6. The molecule has 1 amide bonds. The molecule has 0 saturated carbocycles. The first-order chi connectivity index (χ1) is 6.63. The number of hydrogen-bond donors (Lipinski definition) is 2. The van der Waals surface area contributed by atoms with Gasteiger partial charge < -0.3 is 11.1 Å². The molecule has 1 aromatic carbocycles. The summed E-state index contributed by atoms with van der Waals surface area (Å²) in [5.74, 6) is -0.0700. The highest BCUT2D eigenvalue weighted by Gasteiger charge is 2.07. The second-order valence-electron chi connectivity index (χ2n) is 3.12. The Hall–Kier alpha value is -0.330. The number of nitrogens with one attached hydrogen (secondary N) is 1. The van der Waals surface area contributed by atoms with E-state index in [1.165, 1.54) is 0 Å².